The molecule has 0 aliphatic carbocycles. The monoisotopic (exact) mass is 375 g/mol. The van der Waals surface area contributed by atoms with E-state index in [-0.39, 0.29) is 28.6 Å². The summed E-state index contributed by atoms with van der Waals surface area (Å²) in [4.78, 5) is 33.7. The van der Waals surface area contributed by atoms with E-state index in [1.165, 1.54) is 28.7 Å². The highest BCUT2D eigenvalue weighted by atomic mass is 35.5. The lowest BCUT2D eigenvalue weighted by atomic mass is 10.2. The third kappa shape index (κ3) is 3.25. The van der Waals surface area contributed by atoms with Gasteiger partial charge in [-0.15, -0.1) is 0 Å². The fraction of sp³-hybridized carbons (Fsp3) is 0.176. The fourth-order valence-electron chi connectivity index (χ4n) is 2.39. The number of rotatable bonds is 4. The van der Waals surface area contributed by atoms with Crippen LogP contribution in [0, 0.1) is 0 Å². The van der Waals surface area contributed by atoms with Crippen LogP contribution < -0.4 is 5.56 Å². The van der Waals surface area contributed by atoms with Gasteiger partial charge in [0.25, 0.3) is 5.56 Å². The number of hydrogen-bond acceptors (Lipinski definition) is 6. The summed E-state index contributed by atoms with van der Waals surface area (Å²) in [5.74, 6) is -0.556. The first-order valence-electron chi connectivity index (χ1n) is 7.45. The van der Waals surface area contributed by atoms with Gasteiger partial charge in [-0.2, -0.15) is 0 Å². The van der Waals surface area contributed by atoms with E-state index in [9.17, 15) is 9.59 Å². The molecule has 0 saturated carbocycles. The van der Waals surface area contributed by atoms with Gasteiger partial charge in [0.2, 0.25) is 0 Å². The SMILES string of the molecule is CCOC(=O)c1cn(-c2ccccc2Cl)c(=O)c2cnc(SC)nc12. The maximum absolute atomic E-state index is 12.9. The van der Waals surface area contributed by atoms with Gasteiger partial charge in [0.05, 0.1) is 28.2 Å². The van der Waals surface area contributed by atoms with Crippen molar-refractivity contribution >= 4 is 40.2 Å². The third-order valence-electron chi connectivity index (χ3n) is 3.52. The van der Waals surface area contributed by atoms with E-state index in [2.05, 4.69) is 9.97 Å². The van der Waals surface area contributed by atoms with Gasteiger partial charge < -0.3 is 4.74 Å². The van der Waals surface area contributed by atoms with Crippen LogP contribution in [-0.4, -0.2) is 33.4 Å². The average Bonchev–Trinajstić information content (AvgIpc) is 2.62. The fourth-order valence-corrected chi connectivity index (χ4v) is 2.96. The molecular weight excluding hydrogens is 362 g/mol. The van der Waals surface area contributed by atoms with Crippen LogP contribution >= 0.6 is 23.4 Å². The summed E-state index contributed by atoms with van der Waals surface area (Å²) in [6.07, 6.45) is 4.66. The number of carbonyl (C=O) groups excluding carboxylic acids is 1. The van der Waals surface area contributed by atoms with E-state index >= 15 is 0 Å². The number of nitrogens with zero attached hydrogens (tertiary/aromatic N) is 3. The molecule has 3 rings (SSSR count). The van der Waals surface area contributed by atoms with Gasteiger partial charge in [-0.3, -0.25) is 9.36 Å². The molecule has 2 heterocycles. The second kappa shape index (κ2) is 7.25. The number of pyridine rings is 1. The molecule has 0 atom stereocenters. The predicted octanol–water partition coefficient (Wildman–Crippen LogP) is 3.33. The summed E-state index contributed by atoms with van der Waals surface area (Å²) in [6.45, 7) is 1.93. The Morgan fingerprint density at radius 2 is 2.12 bits per heavy atom. The zero-order chi connectivity index (χ0) is 18.0. The number of carbonyl (C=O) groups is 1. The Kier molecular flexibility index (Phi) is 5.06. The molecule has 0 bridgehead atoms. The number of aromatic nitrogens is 3. The summed E-state index contributed by atoms with van der Waals surface area (Å²) >= 11 is 7.53. The van der Waals surface area contributed by atoms with Crippen LogP contribution in [-0.2, 0) is 4.74 Å². The molecule has 8 heteroatoms. The largest absolute Gasteiger partial charge is 0.462 e. The summed E-state index contributed by atoms with van der Waals surface area (Å²) in [5.41, 5.74) is 0.569. The van der Waals surface area contributed by atoms with E-state index in [1.54, 1.807) is 31.2 Å². The molecule has 128 valence electrons. The van der Waals surface area contributed by atoms with Crippen LogP contribution in [0.1, 0.15) is 17.3 Å². The smallest absolute Gasteiger partial charge is 0.341 e. The highest BCUT2D eigenvalue weighted by molar-refractivity contribution is 7.98. The van der Waals surface area contributed by atoms with Crippen LogP contribution in [0.25, 0.3) is 16.6 Å². The molecular formula is C17H14ClN3O3S. The molecule has 0 unspecified atom stereocenters. The summed E-state index contributed by atoms with van der Waals surface area (Å²) < 4.78 is 6.43. The topological polar surface area (TPSA) is 74.1 Å². The molecule has 2 aromatic heterocycles. The second-order valence-corrected chi connectivity index (χ2v) is 6.19. The Labute approximate surface area is 152 Å². The highest BCUT2D eigenvalue weighted by Crippen LogP contribution is 2.22. The third-order valence-corrected chi connectivity index (χ3v) is 4.40. The molecule has 3 aromatic rings. The van der Waals surface area contributed by atoms with E-state index in [1.807, 2.05) is 6.26 Å². The van der Waals surface area contributed by atoms with E-state index < -0.39 is 5.97 Å². The van der Waals surface area contributed by atoms with Crippen molar-refractivity contribution in [3.8, 4) is 5.69 Å². The average molecular weight is 376 g/mol. The number of ether oxygens (including phenoxy) is 1. The minimum absolute atomic E-state index is 0.189. The van der Waals surface area contributed by atoms with Crippen LogP contribution in [0.5, 0.6) is 0 Å². The van der Waals surface area contributed by atoms with Crippen molar-refractivity contribution in [2.75, 3.05) is 12.9 Å². The minimum atomic E-state index is -0.556. The lowest BCUT2D eigenvalue weighted by molar-refractivity contribution is 0.0527. The Hall–Kier alpha value is -2.38. The van der Waals surface area contributed by atoms with Gasteiger partial charge in [-0.05, 0) is 25.3 Å². The van der Waals surface area contributed by atoms with Crippen molar-refractivity contribution in [3.63, 3.8) is 0 Å². The number of thioether (sulfide) groups is 1. The molecule has 6 nitrogen and oxygen atoms in total. The van der Waals surface area contributed by atoms with Gasteiger partial charge in [0.15, 0.2) is 5.16 Å². The number of hydrogen-bond donors (Lipinski definition) is 0. The van der Waals surface area contributed by atoms with Gasteiger partial charge in [-0.25, -0.2) is 14.8 Å². The maximum atomic E-state index is 12.9. The standard InChI is InChI=1S/C17H14ClN3O3S/c1-3-24-16(23)11-9-21(13-7-5-4-6-12(13)18)15(22)10-8-19-17(25-2)20-14(10)11/h4-9H,3H2,1-2H3. The summed E-state index contributed by atoms with van der Waals surface area (Å²) in [7, 11) is 0. The quantitative estimate of drug-likeness (QED) is 0.395. The molecule has 0 amide bonds. The number of fused-ring (bicyclic) bond motifs is 1. The lowest BCUT2D eigenvalue weighted by Gasteiger charge is -2.12. The van der Waals surface area contributed by atoms with Crippen LogP contribution in [0.4, 0.5) is 0 Å². The van der Waals surface area contributed by atoms with Crippen LogP contribution in [0.15, 0.2) is 46.6 Å². The van der Waals surface area contributed by atoms with Crippen molar-refractivity contribution in [2.45, 2.75) is 12.1 Å². The zero-order valence-corrected chi connectivity index (χ0v) is 15.1. The van der Waals surface area contributed by atoms with Crippen LogP contribution in [0.2, 0.25) is 5.02 Å². The second-order valence-electron chi connectivity index (χ2n) is 5.01. The number of benzene rings is 1. The molecule has 0 spiro atoms. The Bertz CT molecular complexity index is 1020. The molecule has 1 aromatic carbocycles. The van der Waals surface area contributed by atoms with Crippen LogP contribution in [0.3, 0.4) is 0 Å². The van der Waals surface area contributed by atoms with Crippen molar-refractivity contribution < 1.29 is 9.53 Å². The molecule has 0 radical (unpaired) electrons. The van der Waals surface area contributed by atoms with Gasteiger partial charge in [0.1, 0.15) is 5.56 Å². The zero-order valence-electron chi connectivity index (χ0n) is 13.5. The molecule has 0 fully saturated rings. The van der Waals surface area contributed by atoms with Gasteiger partial charge in [-0.1, -0.05) is 35.5 Å². The molecule has 25 heavy (non-hydrogen) atoms. The maximum Gasteiger partial charge on any atom is 0.341 e. The number of halogens is 1. The van der Waals surface area contributed by atoms with E-state index in [0.717, 1.165) is 0 Å². The van der Waals surface area contributed by atoms with E-state index in [0.29, 0.717) is 15.9 Å². The first-order valence-corrected chi connectivity index (χ1v) is 9.05. The molecule has 0 N–H and O–H groups in total. The highest BCUT2D eigenvalue weighted by Gasteiger charge is 2.19. The number of esters is 1. The Morgan fingerprint density at radius 1 is 1.36 bits per heavy atom. The van der Waals surface area contributed by atoms with Crippen molar-refractivity contribution in [3.05, 3.63) is 57.6 Å². The van der Waals surface area contributed by atoms with Gasteiger partial charge in [0, 0.05) is 12.4 Å². The summed E-state index contributed by atoms with van der Waals surface area (Å²) in [5, 5.41) is 1.08. The molecule has 0 aliphatic heterocycles. The van der Waals surface area contributed by atoms with Crippen molar-refractivity contribution in [2.24, 2.45) is 0 Å². The first-order chi connectivity index (χ1) is 12.1. The molecule has 0 saturated heterocycles. The normalized spacial score (nSPS) is 10.8. The summed E-state index contributed by atoms with van der Waals surface area (Å²) in [6, 6.07) is 6.89. The number of para-hydroxylation sites is 1. The van der Waals surface area contributed by atoms with Crippen molar-refractivity contribution in [1.29, 1.82) is 0 Å². The van der Waals surface area contributed by atoms with E-state index in [4.69, 9.17) is 16.3 Å². The Morgan fingerprint density at radius 3 is 2.80 bits per heavy atom. The Balaban J connectivity index is 2.37. The minimum Gasteiger partial charge on any atom is -0.462 e. The molecule has 0 aliphatic rings. The van der Waals surface area contributed by atoms with Crippen molar-refractivity contribution in [1.82, 2.24) is 14.5 Å². The first kappa shape index (κ1) is 17.4. The lowest BCUT2D eigenvalue weighted by Crippen LogP contribution is -2.22. The predicted molar refractivity (Wildman–Crippen MR) is 97.9 cm³/mol. The van der Waals surface area contributed by atoms with Gasteiger partial charge >= 0.3 is 5.97 Å².